The quantitative estimate of drug-likeness (QED) is 0.637. The van der Waals surface area contributed by atoms with E-state index in [1.54, 1.807) is 14.2 Å². The number of nitrogens with one attached hydrogen (secondary N) is 1. The summed E-state index contributed by atoms with van der Waals surface area (Å²) in [6, 6.07) is 0.716. The van der Waals surface area contributed by atoms with E-state index in [1.165, 1.54) is 0 Å². The zero-order valence-electron chi connectivity index (χ0n) is 11.8. The lowest BCUT2D eigenvalue weighted by atomic mass is 10.0. The van der Waals surface area contributed by atoms with E-state index in [2.05, 4.69) is 45.1 Å². The average Bonchev–Trinajstić information content (AvgIpc) is 2.18. The summed E-state index contributed by atoms with van der Waals surface area (Å²) in [5.41, 5.74) is 0. The highest BCUT2D eigenvalue weighted by atomic mass is 16.7. The van der Waals surface area contributed by atoms with Crippen LogP contribution < -0.4 is 5.32 Å². The number of ether oxygens (including phenoxy) is 2. The van der Waals surface area contributed by atoms with E-state index in [-0.39, 0.29) is 12.3 Å². The third kappa shape index (κ3) is 5.25. The second-order valence-corrected chi connectivity index (χ2v) is 4.81. The molecule has 4 heteroatoms. The van der Waals surface area contributed by atoms with Crippen molar-refractivity contribution in [3.8, 4) is 0 Å². The van der Waals surface area contributed by atoms with Crippen molar-refractivity contribution in [1.29, 1.82) is 0 Å². The number of hydrogen-bond donors (Lipinski definition) is 1. The topological polar surface area (TPSA) is 33.7 Å². The maximum absolute atomic E-state index is 5.22. The molecule has 0 aromatic rings. The van der Waals surface area contributed by atoms with Gasteiger partial charge in [0.25, 0.3) is 0 Å². The summed E-state index contributed by atoms with van der Waals surface area (Å²) in [6.07, 6.45) is -0.185. The monoisotopic (exact) mass is 232 g/mol. The summed E-state index contributed by atoms with van der Waals surface area (Å²) in [6.45, 7) is 7.49. The van der Waals surface area contributed by atoms with Crippen molar-refractivity contribution in [2.75, 3.05) is 34.9 Å². The van der Waals surface area contributed by atoms with Gasteiger partial charge < -0.3 is 19.7 Å². The first-order chi connectivity index (χ1) is 7.43. The second kappa shape index (κ2) is 8.01. The van der Waals surface area contributed by atoms with Gasteiger partial charge in [-0.15, -0.1) is 0 Å². The Morgan fingerprint density at radius 1 is 1.06 bits per heavy atom. The summed E-state index contributed by atoms with van der Waals surface area (Å²) in [7, 11) is 7.55. The Morgan fingerprint density at radius 2 is 1.56 bits per heavy atom. The van der Waals surface area contributed by atoms with Crippen LogP contribution in [0.1, 0.15) is 20.8 Å². The van der Waals surface area contributed by atoms with Crippen LogP contribution in [0.4, 0.5) is 0 Å². The van der Waals surface area contributed by atoms with Crippen molar-refractivity contribution in [1.82, 2.24) is 10.2 Å². The second-order valence-electron chi connectivity index (χ2n) is 4.81. The number of methoxy groups -OCH3 is 2. The number of likely N-dealkylation sites (N-methyl/N-ethyl adjacent to an activating group) is 1. The van der Waals surface area contributed by atoms with E-state index < -0.39 is 0 Å². The predicted molar refractivity (Wildman–Crippen MR) is 67.6 cm³/mol. The molecular formula is C12H28N2O2. The maximum atomic E-state index is 5.22. The van der Waals surface area contributed by atoms with Crippen LogP contribution in [0.15, 0.2) is 0 Å². The summed E-state index contributed by atoms with van der Waals surface area (Å²) >= 11 is 0. The zero-order chi connectivity index (χ0) is 12.7. The fourth-order valence-corrected chi connectivity index (χ4v) is 1.92. The molecule has 0 aromatic carbocycles. The SMILES string of the molecule is COC(OC)C(C)NCC(C(C)C)N(C)C. The minimum Gasteiger partial charge on any atom is -0.354 e. The normalized spacial score (nSPS) is 16.1. The maximum Gasteiger partial charge on any atom is 0.171 e. The highest BCUT2D eigenvalue weighted by Gasteiger charge is 2.20. The lowest BCUT2D eigenvalue weighted by Crippen LogP contribution is -2.48. The van der Waals surface area contributed by atoms with Gasteiger partial charge in [0.2, 0.25) is 0 Å². The van der Waals surface area contributed by atoms with Gasteiger partial charge in [-0.1, -0.05) is 13.8 Å². The van der Waals surface area contributed by atoms with Crippen molar-refractivity contribution in [2.24, 2.45) is 5.92 Å². The van der Waals surface area contributed by atoms with Gasteiger partial charge in [-0.25, -0.2) is 0 Å². The van der Waals surface area contributed by atoms with Crippen molar-refractivity contribution >= 4 is 0 Å². The summed E-state index contributed by atoms with van der Waals surface area (Å²) in [5, 5.41) is 3.46. The molecule has 0 radical (unpaired) electrons. The van der Waals surface area contributed by atoms with Crippen LogP contribution in [-0.4, -0.2) is 58.1 Å². The summed E-state index contributed by atoms with van der Waals surface area (Å²) < 4.78 is 10.4. The largest absolute Gasteiger partial charge is 0.354 e. The zero-order valence-corrected chi connectivity index (χ0v) is 11.8. The molecule has 16 heavy (non-hydrogen) atoms. The first-order valence-corrected chi connectivity index (χ1v) is 5.89. The summed E-state index contributed by atoms with van der Waals surface area (Å²) in [4.78, 5) is 2.25. The van der Waals surface area contributed by atoms with E-state index in [0.29, 0.717) is 12.0 Å². The molecule has 98 valence electrons. The highest BCUT2D eigenvalue weighted by Crippen LogP contribution is 2.07. The fraction of sp³-hybridized carbons (Fsp3) is 1.00. The van der Waals surface area contributed by atoms with Gasteiger partial charge in [-0.05, 0) is 26.9 Å². The highest BCUT2D eigenvalue weighted by molar-refractivity contribution is 4.75. The number of hydrogen-bond acceptors (Lipinski definition) is 4. The smallest absolute Gasteiger partial charge is 0.171 e. The molecular weight excluding hydrogens is 204 g/mol. The van der Waals surface area contributed by atoms with Gasteiger partial charge in [0.05, 0.1) is 6.04 Å². The molecule has 4 nitrogen and oxygen atoms in total. The van der Waals surface area contributed by atoms with E-state index in [9.17, 15) is 0 Å². The van der Waals surface area contributed by atoms with Crippen LogP contribution in [0.25, 0.3) is 0 Å². The molecule has 0 fully saturated rings. The van der Waals surface area contributed by atoms with Crippen molar-refractivity contribution < 1.29 is 9.47 Å². The Balaban J connectivity index is 4.09. The fourth-order valence-electron chi connectivity index (χ4n) is 1.92. The number of rotatable bonds is 8. The third-order valence-electron chi connectivity index (χ3n) is 2.95. The number of nitrogens with zero attached hydrogens (tertiary/aromatic N) is 1. The molecule has 0 heterocycles. The minimum atomic E-state index is -0.185. The van der Waals surface area contributed by atoms with Crippen molar-refractivity contribution in [3.05, 3.63) is 0 Å². The predicted octanol–water partition coefficient (Wildman–Crippen LogP) is 1.17. The first kappa shape index (κ1) is 15.8. The Morgan fingerprint density at radius 3 is 1.88 bits per heavy atom. The van der Waals surface area contributed by atoms with Crippen LogP contribution >= 0.6 is 0 Å². The standard InChI is InChI=1S/C12H28N2O2/c1-9(2)11(14(4)5)8-13-10(3)12(15-6)16-7/h9-13H,8H2,1-7H3. The molecule has 0 aliphatic rings. The molecule has 2 unspecified atom stereocenters. The van der Waals surface area contributed by atoms with Gasteiger partial charge in [-0.3, -0.25) is 0 Å². The minimum absolute atomic E-state index is 0.185. The average molecular weight is 232 g/mol. The van der Waals surface area contributed by atoms with Crippen LogP contribution in [-0.2, 0) is 9.47 Å². The lowest BCUT2D eigenvalue weighted by molar-refractivity contribution is -0.120. The molecule has 0 saturated carbocycles. The molecule has 0 saturated heterocycles. The molecule has 0 amide bonds. The van der Waals surface area contributed by atoms with Gasteiger partial charge in [0, 0.05) is 26.8 Å². The van der Waals surface area contributed by atoms with E-state index in [4.69, 9.17) is 9.47 Å². The Bertz CT molecular complexity index is 162. The summed E-state index contributed by atoms with van der Waals surface area (Å²) in [5.74, 6) is 0.623. The molecule has 2 atom stereocenters. The third-order valence-corrected chi connectivity index (χ3v) is 2.95. The molecule has 0 aromatic heterocycles. The van der Waals surface area contributed by atoms with Crippen LogP contribution in [0.5, 0.6) is 0 Å². The van der Waals surface area contributed by atoms with E-state index in [0.717, 1.165) is 6.54 Å². The molecule has 0 aliphatic heterocycles. The lowest BCUT2D eigenvalue weighted by Gasteiger charge is -2.31. The van der Waals surface area contributed by atoms with Crippen LogP contribution in [0, 0.1) is 5.92 Å². The Kier molecular flexibility index (Phi) is 7.93. The van der Waals surface area contributed by atoms with Gasteiger partial charge in [-0.2, -0.15) is 0 Å². The van der Waals surface area contributed by atoms with E-state index in [1.807, 2.05) is 0 Å². The Labute approximate surface area is 100 Å². The van der Waals surface area contributed by atoms with E-state index >= 15 is 0 Å². The van der Waals surface area contributed by atoms with Crippen LogP contribution in [0.2, 0.25) is 0 Å². The molecule has 0 aliphatic carbocycles. The molecule has 1 N–H and O–H groups in total. The van der Waals surface area contributed by atoms with Gasteiger partial charge in [0.1, 0.15) is 0 Å². The Hall–Kier alpha value is -0.160. The molecule has 0 spiro atoms. The first-order valence-electron chi connectivity index (χ1n) is 5.89. The molecule has 0 bridgehead atoms. The van der Waals surface area contributed by atoms with Gasteiger partial charge >= 0.3 is 0 Å². The van der Waals surface area contributed by atoms with Gasteiger partial charge in [0.15, 0.2) is 6.29 Å². The van der Waals surface area contributed by atoms with Crippen LogP contribution in [0.3, 0.4) is 0 Å². The van der Waals surface area contributed by atoms with Crippen molar-refractivity contribution in [3.63, 3.8) is 0 Å². The molecule has 0 rings (SSSR count). The van der Waals surface area contributed by atoms with Crippen molar-refractivity contribution in [2.45, 2.75) is 39.1 Å².